The maximum atomic E-state index is 2.47. The normalized spacial score (nSPS) is 13.3. The zero-order valence-electron chi connectivity index (χ0n) is 28.5. The van der Waals surface area contributed by atoms with Crippen LogP contribution in [0.25, 0.3) is 82.0 Å². The quantitative estimate of drug-likeness (QED) is 0.169. The van der Waals surface area contributed by atoms with Gasteiger partial charge >= 0.3 is 0 Å². The van der Waals surface area contributed by atoms with Crippen LogP contribution in [0.1, 0.15) is 25.0 Å². The van der Waals surface area contributed by atoms with E-state index >= 15 is 0 Å². The van der Waals surface area contributed by atoms with E-state index < -0.39 is 0 Å². The van der Waals surface area contributed by atoms with E-state index in [4.69, 9.17) is 0 Å². The Labute approximate surface area is 291 Å². The molecule has 2 heteroatoms. The molecular formula is C48H36N2. The first-order chi connectivity index (χ1) is 24.5. The minimum absolute atomic E-state index is 0.160. The van der Waals surface area contributed by atoms with Crippen LogP contribution >= 0.6 is 0 Å². The van der Waals surface area contributed by atoms with Crippen molar-refractivity contribution in [3.8, 4) is 16.8 Å². The molecule has 0 radical (unpaired) electrons. The number of para-hydroxylation sites is 1. The van der Waals surface area contributed by atoms with Gasteiger partial charge in [0.05, 0.1) is 22.1 Å². The van der Waals surface area contributed by atoms with Crippen molar-refractivity contribution in [2.24, 2.45) is 7.05 Å². The van der Waals surface area contributed by atoms with Crippen molar-refractivity contribution in [1.29, 1.82) is 0 Å². The second-order valence-corrected chi connectivity index (χ2v) is 14.2. The number of nitrogens with zero attached hydrogens (tertiary/aromatic N) is 2. The molecule has 2 nitrogen and oxygen atoms in total. The van der Waals surface area contributed by atoms with Gasteiger partial charge in [-0.15, -0.1) is 0 Å². The van der Waals surface area contributed by atoms with Crippen LogP contribution in [0.5, 0.6) is 0 Å². The van der Waals surface area contributed by atoms with E-state index in [1.807, 2.05) is 0 Å². The van der Waals surface area contributed by atoms with Gasteiger partial charge in [-0.1, -0.05) is 153 Å². The lowest BCUT2D eigenvalue weighted by Gasteiger charge is -2.20. The Balaban J connectivity index is 0.000000176. The standard InChI is InChI=1S/C33H22N2.C15H14/c1-34-28-20-18-26-30-24-13-7-5-9-21(24)16-19-29(30)35(23-11-3-2-4-12-23)33(26)31(28)27-17-15-22-10-6-8-14-25(22)32(27)34;1-15(2)13-9-5-3-7-11(13)12-8-4-6-10-14(12)15/h2-20H,1H3;3-10H,1-2H3. The predicted molar refractivity (Wildman–Crippen MR) is 214 cm³/mol. The Hall–Kier alpha value is -6.12. The molecular weight excluding hydrogens is 605 g/mol. The van der Waals surface area contributed by atoms with E-state index in [0.717, 1.165) is 0 Å². The lowest BCUT2D eigenvalue weighted by molar-refractivity contribution is 0.660. The molecule has 8 aromatic carbocycles. The van der Waals surface area contributed by atoms with E-state index in [9.17, 15) is 0 Å². The summed E-state index contributed by atoms with van der Waals surface area (Å²) in [7, 11) is 2.20. The number of hydrogen-bond donors (Lipinski definition) is 0. The van der Waals surface area contributed by atoms with Crippen LogP contribution in [-0.4, -0.2) is 9.13 Å². The SMILES string of the molecule is CC1(C)c2ccccc2-c2ccccc21.Cn1c2ccc3c4c5ccccc5ccc4n(-c4ccccc4)c3c2c2ccc3ccccc3c21. The summed E-state index contributed by atoms with van der Waals surface area (Å²) in [6.45, 7) is 4.61. The zero-order valence-corrected chi connectivity index (χ0v) is 28.5. The second kappa shape index (κ2) is 10.7. The number of rotatable bonds is 1. The predicted octanol–water partition coefficient (Wildman–Crippen LogP) is 12.7. The molecule has 0 atom stereocenters. The van der Waals surface area contributed by atoms with Crippen LogP contribution in [0.4, 0.5) is 0 Å². The van der Waals surface area contributed by atoms with Gasteiger partial charge in [-0.05, 0) is 62.7 Å². The van der Waals surface area contributed by atoms with E-state index in [2.05, 4.69) is 194 Å². The third kappa shape index (κ3) is 3.96. The van der Waals surface area contributed by atoms with Crippen molar-refractivity contribution in [3.05, 3.63) is 175 Å². The lowest BCUT2D eigenvalue weighted by Crippen LogP contribution is -2.14. The van der Waals surface area contributed by atoms with Crippen molar-refractivity contribution in [2.75, 3.05) is 0 Å². The molecule has 0 unspecified atom stereocenters. The molecule has 0 saturated carbocycles. The number of aryl methyl sites for hydroxylation is 1. The smallest absolute Gasteiger partial charge is 0.0641 e. The van der Waals surface area contributed by atoms with Crippen LogP contribution in [0.2, 0.25) is 0 Å². The summed E-state index contributed by atoms with van der Waals surface area (Å²) in [4.78, 5) is 0. The van der Waals surface area contributed by atoms with Gasteiger partial charge in [0, 0.05) is 45.1 Å². The Morgan fingerprint density at radius 3 is 1.64 bits per heavy atom. The fraction of sp³-hybridized carbons (Fsp3) is 0.0833. The van der Waals surface area contributed by atoms with Crippen LogP contribution in [0, 0.1) is 0 Å². The minimum atomic E-state index is 0.160. The first-order valence-corrected chi connectivity index (χ1v) is 17.5. The van der Waals surface area contributed by atoms with Gasteiger partial charge in [-0.2, -0.15) is 0 Å². The van der Waals surface area contributed by atoms with E-state index in [-0.39, 0.29) is 5.41 Å². The molecule has 0 spiro atoms. The van der Waals surface area contributed by atoms with Crippen LogP contribution < -0.4 is 0 Å². The molecule has 2 heterocycles. The van der Waals surface area contributed by atoms with Crippen molar-refractivity contribution in [3.63, 3.8) is 0 Å². The largest absolute Gasteiger partial charge is 0.343 e. The topological polar surface area (TPSA) is 9.86 Å². The number of hydrogen-bond acceptors (Lipinski definition) is 0. The Bertz CT molecular complexity index is 2910. The summed E-state index contributed by atoms with van der Waals surface area (Å²) >= 11 is 0. The van der Waals surface area contributed by atoms with Gasteiger partial charge < -0.3 is 9.13 Å². The van der Waals surface area contributed by atoms with Gasteiger partial charge in [-0.25, -0.2) is 0 Å². The fourth-order valence-corrected chi connectivity index (χ4v) is 8.86. The molecule has 0 fully saturated rings. The molecule has 0 saturated heterocycles. The van der Waals surface area contributed by atoms with E-state index in [0.29, 0.717) is 0 Å². The van der Waals surface area contributed by atoms with Crippen molar-refractivity contribution in [1.82, 2.24) is 9.13 Å². The summed E-state index contributed by atoms with van der Waals surface area (Å²) in [6, 6.07) is 59.4. The molecule has 50 heavy (non-hydrogen) atoms. The first kappa shape index (κ1) is 28.9. The van der Waals surface area contributed by atoms with Crippen LogP contribution in [0.3, 0.4) is 0 Å². The van der Waals surface area contributed by atoms with Gasteiger partial charge in [0.15, 0.2) is 0 Å². The average molecular weight is 641 g/mol. The maximum Gasteiger partial charge on any atom is 0.0641 e. The third-order valence-electron chi connectivity index (χ3n) is 11.2. The summed E-state index contributed by atoms with van der Waals surface area (Å²) in [5.74, 6) is 0. The zero-order chi connectivity index (χ0) is 33.6. The average Bonchev–Trinajstić information content (AvgIpc) is 3.75. The van der Waals surface area contributed by atoms with Crippen molar-refractivity contribution in [2.45, 2.75) is 19.3 Å². The van der Waals surface area contributed by atoms with Crippen LogP contribution in [0.15, 0.2) is 164 Å². The summed E-state index contributed by atoms with van der Waals surface area (Å²) < 4.78 is 4.84. The summed E-state index contributed by atoms with van der Waals surface area (Å²) in [5.41, 5.74) is 12.1. The highest BCUT2D eigenvalue weighted by Gasteiger charge is 2.34. The van der Waals surface area contributed by atoms with Crippen molar-refractivity contribution < 1.29 is 0 Å². The highest BCUT2D eigenvalue weighted by molar-refractivity contribution is 6.31. The maximum absolute atomic E-state index is 2.47. The van der Waals surface area contributed by atoms with Crippen LogP contribution in [-0.2, 0) is 12.5 Å². The monoisotopic (exact) mass is 640 g/mol. The van der Waals surface area contributed by atoms with Gasteiger partial charge in [-0.3, -0.25) is 0 Å². The van der Waals surface area contributed by atoms with Crippen molar-refractivity contribution >= 4 is 65.2 Å². The number of fused-ring (bicyclic) bond motifs is 14. The Kier molecular flexibility index (Phi) is 6.17. The Morgan fingerprint density at radius 2 is 0.920 bits per heavy atom. The molecule has 0 amide bonds. The highest BCUT2D eigenvalue weighted by Crippen LogP contribution is 2.48. The van der Waals surface area contributed by atoms with E-state index in [1.165, 1.54) is 93.1 Å². The number of aromatic nitrogens is 2. The lowest BCUT2D eigenvalue weighted by atomic mass is 9.82. The summed E-state index contributed by atoms with van der Waals surface area (Å²) in [6.07, 6.45) is 0. The fourth-order valence-electron chi connectivity index (χ4n) is 8.86. The molecule has 0 bridgehead atoms. The molecule has 0 aliphatic heterocycles. The first-order valence-electron chi connectivity index (χ1n) is 17.5. The molecule has 2 aromatic heterocycles. The number of benzene rings is 8. The van der Waals surface area contributed by atoms with Gasteiger partial charge in [0.25, 0.3) is 0 Å². The molecule has 1 aliphatic rings. The second-order valence-electron chi connectivity index (χ2n) is 14.2. The minimum Gasteiger partial charge on any atom is -0.343 e. The molecule has 0 N–H and O–H groups in total. The molecule has 10 aromatic rings. The van der Waals surface area contributed by atoms with Gasteiger partial charge in [0.2, 0.25) is 0 Å². The Morgan fingerprint density at radius 1 is 0.400 bits per heavy atom. The van der Waals surface area contributed by atoms with Gasteiger partial charge in [0.1, 0.15) is 0 Å². The molecule has 11 rings (SSSR count). The summed E-state index contributed by atoms with van der Waals surface area (Å²) in [5, 5.41) is 10.4. The molecule has 1 aliphatic carbocycles. The molecule has 238 valence electrons. The highest BCUT2D eigenvalue weighted by atomic mass is 15.0. The van der Waals surface area contributed by atoms with E-state index in [1.54, 1.807) is 0 Å². The third-order valence-corrected chi connectivity index (χ3v) is 11.2.